The second-order valence-electron chi connectivity index (χ2n) is 5.51. The Labute approximate surface area is 126 Å². The molecule has 0 aliphatic heterocycles. The normalized spacial score (nSPS) is 11.4. The lowest BCUT2D eigenvalue weighted by Gasteiger charge is -2.34. The summed E-state index contributed by atoms with van der Waals surface area (Å²) in [5.74, 6) is -0.0305. The van der Waals surface area contributed by atoms with Crippen LogP contribution in [0.1, 0.15) is 32.8 Å². The first-order valence-corrected chi connectivity index (χ1v) is 7.08. The van der Waals surface area contributed by atoms with E-state index in [0.717, 1.165) is 17.7 Å². The van der Waals surface area contributed by atoms with Gasteiger partial charge >= 0.3 is 0 Å². The van der Waals surface area contributed by atoms with Crippen LogP contribution in [0, 0.1) is 0 Å². The molecule has 0 heterocycles. The molecule has 4 nitrogen and oxygen atoms in total. The summed E-state index contributed by atoms with van der Waals surface area (Å²) in [6.45, 7) is 6.72. The van der Waals surface area contributed by atoms with E-state index in [1.165, 1.54) is 0 Å². The summed E-state index contributed by atoms with van der Waals surface area (Å²) in [5, 5.41) is 2.87. The van der Waals surface area contributed by atoms with Gasteiger partial charge in [-0.05, 0) is 51.6 Å². The number of hydrogen-bond acceptors (Lipinski definition) is 3. The summed E-state index contributed by atoms with van der Waals surface area (Å²) in [5.41, 5.74) is 7.08. The third-order valence-electron chi connectivity index (χ3n) is 3.73. The number of nitrogens with two attached hydrogens (primary N) is 1. The fraction of sp³-hybridized carbons (Fsp3) is 0.467. The van der Waals surface area contributed by atoms with Crippen molar-refractivity contribution in [3.8, 4) is 0 Å². The molecule has 1 amide bonds. The Bertz CT molecular complexity index is 482. The first-order valence-electron chi connectivity index (χ1n) is 6.67. The number of carbonyl (C=O) groups excluding carboxylic acids is 1. The van der Waals surface area contributed by atoms with Gasteiger partial charge in [-0.1, -0.05) is 19.1 Å². The Hall–Kier alpha value is -1.46. The Kier molecular flexibility index (Phi) is 5.65. The second-order valence-corrected chi connectivity index (χ2v) is 5.95. The monoisotopic (exact) mass is 293 g/mol. The summed E-state index contributed by atoms with van der Waals surface area (Å²) >= 11 is 4.89. The molecule has 0 radical (unpaired) electrons. The van der Waals surface area contributed by atoms with Crippen LogP contribution in [-0.4, -0.2) is 34.9 Å². The number of amides is 1. The number of anilines is 1. The highest BCUT2D eigenvalue weighted by Gasteiger charge is 2.22. The number of nitrogens with zero attached hydrogens (tertiary/aromatic N) is 1. The fourth-order valence-corrected chi connectivity index (χ4v) is 1.75. The second kappa shape index (κ2) is 6.81. The van der Waals surface area contributed by atoms with Gasteiger partial charge in [0.15, 0.2) is 0 Å². The number of hydrogen-bond donors (Lipinski definition) is 2. The average molecular weight is 293 g/mol. The predicted octanol–water partition coefficient (Wildman–Crippen LogP) is 2.38. The molecule has 110 valence electrons. The summed E-state index contributed by atoms with van der Waals surface area (Å²) in [4.78, 5) is 14.4. The van der Waals surface area contributed by atoms with Gasteiger partial charge in [-0.25, -0.2) is 0 Å². The molecule has 0 unspecified atom stereocenters. The van der Waals surface area contributed by atoms with Crippen molar-refractivity contribution in [3.63, 3.8) is 0 Å². The van der Waals surface area contributed by atoms with Crippen LogP contribution < -0.4 is 11.1 Å². The number of nitrogens with one attached hydrogen (secondary N) is 1. The highest BCUT2D eigenvalue weighted by molar-refractivity contribution is 7.80. The van der Waals surface area contributed by atoms with Crippen LogP contribution in [0.3, 0.4) is 0 Å². The molecule has 0 aromatic heterocycles. The number of rotatable bonds is 6. The molecule has 0 spiro atoms. The molecular formula is C15H23N3OS. The maximum atomic E-state index is 12.0. The number of likely N-dealkylation sites (N-methyl/N-ethyl adjacent to an activating group) is 1. The van der Waals surface area contributed by atoms with Crippen molar-refractivity contribution in [1.82, 2.24) is 4.90 Å². The van der Waals surface area contributed by atoms with Crippen LogP contribution in [0.2, 0.25) is 0 Å². The smallest absolute Gasteiger partial charge is 0.238 e. The van der Waals surface area contributed by atoms with Crippen molar-refractivity contribution in [3.05, 3.63) is 29.8 Å². The van der Waals surface area contributed by atoms with Crippen molar-refractivity contribution >= 4 is 28.8 Å². The first kappa shape index (κ1) is 16.6. The first-order chi connectivity index (χ1) is 9.26. The molecule has 0 saturated heterocycles. The summed E-state index contributed by atoms with van der Waals surface area (Å²) in [7, 11) is 1.96. The average Bonchev–Trinajstić information content (AvgIpc) is 2.39. The molecule has 1 aromatic carbocycles. The highest BCUT2D eigenvalue weighted by Crippen LogP contribution is 2.16. The Morgan fingerprint density at radius 3 is 2.35 bits per heavy atom. The Morgan fingerprint density at radius 1 is 1.35 bits per heavy atom. The molecule has 3 N–H and O–H groups in total. The van der Waals surface area contributed by atoms with Crippen molar-refractivity contribution in [1.29, 1.82) is 0 Å². The predicted molar refractivity (Wildman–Crippen MR) is 88.0 cm³/mol. The Morgan fingerprint density at radius 2 is 1.90 bits per heavy atom. The van der Waals surface area contributed by atoms with E-state index in [1.807, 2.05) is 11.9 Å². The molecule has 0 bridgehead atoms. The van der Waals surface area contributed by atoms with E-state index in [2.05, 4.69) is 26.1 Å². The molecular weight excluding hydrogens is 270 g/mol. The lowest BCUT2D eigenvalue weighted by Crippen LogP contribution is -2.44. The van der Waals surface area contributed by atoms with Crippen LogP contribution in [0.4, 0.5) is 5.69 Å². The minimum Gasteiger partial charge on any atom is -0.389 e. The standard InChI is InChI=1S/C15H23N3OS/c1-5-15(2,3)18(4)10-13(19)17-12-8-6-11(7-9-12)14(16)20/h6-9H,5,10H2,1-4H3,(H2,16,20)(H,17,19). The van der Waals surface area contributed by atoms with E-state index in [0.29, 0.717) is 11.5 Å². The van der Waals surface area contributed by atoms with E-state index >= 15 is 0 Å². The number of benzene rings is 1. The molecule has 0 aliphatic rings. The van der Waals surface area contributed by atoms with Gasteiger partial charge in [0.1, 0.15) is 4.99 Å². The molecule has 1 rings (SSSR count). The van der Waals surface area contributed by atoms with Gasteiger partial charge in [0.25, 0.3) is 0 Å². The van der Waals surface area contributed by atoms with E-state index in [9.17, 15) is 4.79 Å². The van der Waals surface area contributed by atoms with Crippen LogP contribution in [0.5, 0.6) is 0 Å². The van der Waals surface area contributed by atoms with Crippen LogP contribution in [0.25, 0.3) is 0 Å². The lowest BCUT2D eigenvalue weighted by atomic mass is 10.00. The molecule has 0 aliphatic carbocycles. The van der Waals surface area contributed by atoms with Gasteiger partial charge in [-0.2, -0.15) is 0 Å². The summed E-state index contributed by atoms with van der Waals surface area (Å²) < 4.78 is 0. The zero-order chi connectivity index (χ0) is 15.3. The number of carbonyl (C=O) groups is 1. The van der Waals surface area contributed by atoms with Gasteiger partial charge in [-0.15, -0.1) is 0 Å². The van der Waals surface area contributed by atoms with Gasteiger partial charge in [0.2, 0.25) is 5.91 Å². The highest BCUT2D eigenvalue weighted by atomic mass is 32.1. The van der Waals surface area contributed by atoms with E-state index in [-0.39, 0.29) is 11.4 Å². The maximum Gasteiger partial charge on any atom is 0.238 e. The Balaban J connectivity index is 2.60. The van der Waals surface area contributed by atoms with E-state index in [1.54, 1.807) is 24.3 Å². The third-order valence-corrected chi connectivity index (χ3v) is 3.97. The van der Waals surface area contributed by atoms with Gasteiger partial charge < -0.3 is 11.1 Å². The maximum absolute atomic E-state index is 12.0. The quantitative estimate of drug-likeness (QED) is 0.791. The molecule has 20 heavy (non-hydrogen) atoms. The van der Waals surface area contributed by atoms with E-state index < -0.39 is 0 Å². The van der Waals surface area contributed by atoms with Crippen molar-refractivity contribution < 1.29 is 4.79 Å². The molecule has 5 heteroatoms. The molecule has 0 fully saturated rings. The summed E-state index contributed by atoms with van der Waals surface area (Å²) in [6, 6.07) is 7.21. The largest absolute Gasteiger partial charge is 0.389 e. The lowest BCUT2D eigenvalue weighted by molar-refractivity contribution is -0.118. The number of thiocarbonyl (C=S) groups is 1. The third kappa shape index (κ3) is 4.58. The zero-order valence-electron chi connectivity index (χ0n) is 12.6. The van der Waals surface area contributed by atoms with Gasteiger partial charge in [0.05, 0.1) is 6.54 Å². The van der Waals surface area contributed by atoms with Crippen LogP contribution in [-0.2, 0) is 4.79 Å². The topological polar surface area (TPSA) is 58.4 Å². The van der Waals surface area contributed by atoms with Crippen molar-refractivity contribution in [2.45, 2.75) is 32.7 Å². The molecule has 0 atom stereocenters. The van der Waals surface area contributed by atoms with Crippen LogP contribution >= 0.6 is 12.2 Å². The minimum atomic E-state index is -0.0305. The molecule has 1 aromatic rings. The van der Waals surface area contributed by atoms with Crippen molar-refractivity contribution in [2.24, 2.45) is 5.73 Å². The minimum absolute atomic E-state index is 0.00688. The van der Waals surface area contributed by atoms with Gasteiger partial charge in [-0.3, -0.25) is 9.69 Å². The zero-order valence-corrected chi connectivity index (χ0v) is 13.4. The molecule has 0 saturated carbocycles. The van der Waals surface area contributed by atoms with Crippen LogP contribution in [0.15, 0.2) is 24.3 Å². The fourth-order valence-electron chi connectivity index (χ4n) is 1.62. The van der Waals surface area contributed by atoms with E-state index in [4.69, 9.17) is 18.0 Å². The van der Waals surface area contributed by atoms with Gasteiger partial charge in [0, 0.05) is 16.8 Å². The van der Waals surface area contributed by atoms with Crippen molar-refractivity contribution in [2.75, 3.05) is 18.9 Å². The SMILES string of the molecule is CCC(C)(C)N(C)CC(=O)Nc1ccc(C(N)=S)cc1. The summed E-state index contributed by atoms with van der Waals surface area (Å²) in [6.07, 6.45) is 0.986.